The Labute approximate surface area is 176 Å². The summed E-state index contributed by atoms with van der Waals surface area (Å²) in [4.78, 5) is 15.0. The van der Waals surface area contributed by atoms with Crippen LogP contribution in [0.2, 0.25) is 0 Å². The average Bonchev–Trinajstić information content (AvgIpc) is 2.98. The van der Waals surface area contributed by atoms with Crippen molar-refractivity contribution in [1.82, 2.24) is 4.90 Å². The minimum atomic E-state index is -3.09. The topological polar surface area (TPSA) is 54.5 Å². The SMILES string of the molecule is CC(C)(C)c1ccc(C(=O)N(Cc2cccc(Br)c2)C2CCS(=O)(=O)C2)cc1. The van der Waals surface area contributed by atoms with Crippen molar-refractivity contribution < 1.29 is 13.2 Å². The third-order valence-corrected chi connectivity index (χ3v) is 7.39. The van der Waals surface area contributed by atoms with Crippen LogP contribution in [0.3, 0.4) is 0 Å². The highest BCUT2D eigenvalue weighted by Crippen LogP contribution is 2.26. The molecular weight excluding hydrogens is 438 g/mol. The average molecular weight is 464 g/mol. The van der Waals surface area contributed by atoms with Crippen LogP contribution in [-0.4, -0.2) is 36.8 Å². The lowest BCUT2D eigenvalue weighted by molar-refractivity contribution is 0.0681. The molecule has 1 unspecified atom stereocenters. The first kappa shape index (κ1) is 21.1. The fourth-order valence-corrected chi connectivity index (χ4v) is 5.68. The van der Waals surface area contributed by atoms with Gasteiger partial charge in [-0.3, -0.25) is 4.79 Å². The molecule has 1 amide bonds. The molecule has 0 N–H and O–H groups in total. The number of nitrogens with zero attached hydrogens (tertiary/aromatic N) is 1. The van der Waals surface area contributed by atoms with Gasteiger partial charge in [0.25, 0.3) is 5.91 Å². The molecule has 2 aromatic carbocycles. The van der Waals surface area contributed by atoms with Crippen molar-refractivity contribution >= 4 is 31.7 Å². The number of hydrogen-bond donors (Lipinski definition) is 0. The molecule has 1 saturated heterocycles. The molecule has 1 atom stereocenters. The molecule has 1 heterocycles. The van der Waals surface area contributed by atoms with Crippen LogP contribution in [0.5, 0.6) is 0 Å². The van der Waals surface area contributed by atoms with Crippen molar-refractivity contribution in [2.75, 3.05) is 11.5 Å². The second-order valence-corrected chi connectivity index (χ2v) is 11.6. The van der Waals surface area contributed by atoms with E-state index < -0.39 is 9.84 Å². The lowest BCUT2D eigenvalue weighted by Crippen LogP contribution is -2.40. The van der Waals surface area contributed by atoms with Crippen LogP contribution in [0.15, 0.2) is 53.0 Å². The van der Waals surface area contributed by atoms with Gasteiger partial charge < -0.3 is 4.90 Å². The van der Waals surface area contributed by atoms with Gasteiger partial charge in [-0.1, -0.05) is 61.0 Å². The lowest BCUT2D eigenvalue weighted by atomic mass is 9.86. The first-order valence-corrected chi connectivity index (χ1v) is 12.0. The summed E-state index contributed by atoms with van der Waals surface area (Å²) in [5.41, 5.74) is 2.73. The van der Waals surface area contributed by atoms with E-state index in [1.807, 2.05) is 48.5 Å². The Hall–Kier alpha value is -1.66. The van der Waals surface area contributed by atoms with E-state index in [0.29, 0.717) is 18.5 Å². The largest absolute Gasteiger partial charge is 0.330 e. The highest BCUT2D eigenvalue weighted by molar-refractivity contribution is 9.10. The maximum Gasteiger partial charge on any atom is 0.254 e. The Kier molecular flexibility index (Phi) is 6.01. The number of carbonyl (C=O) groups is 1. The summed E-state index contributed by atoms with van der Waals surface area (Å²) in [6.45, 7) is 6.78. The van der Waals surface area contributed by atoms with Crippen molar-refractivity contribution in [2.45, 2.75) is 45.2 Å². The standard InChI is InChI=1S/C22H26BrNO3S/c1-22(2,3)18-9-7-17(8-10-18)21(25)24(20-11-12-28(26,27)15-20)14-16-5-4-6-19(23)13-16/h4-10,13,20H,11-12,14-15H2,1-3H3. The van der Waals surface area contributed by atoms with Crippen LogP contribution in [0.1, 0.15) is 48.7 Å². The Morgan fingerprint density at radius 3 is 2.36 bits per heavy atom. The first-order valence-electron chi connectivity index (χ1n) is 9.41. The zero-order valence-corrected chi connectivity index (χ0v) is 18.9. The molecule has 2 aromatic rings. The van der Waals surface area contributed by atoms with Gasteiger partial charge in [0.2, 0.25) is 0 Å². The second-order valence-electron chi connectivity index (χ2n) is 8.45. The van der Waals surface area contributed by atoms with Crippen molar-refractivity contribution in [3.05, 3.63) is 69.7 Å². The summed E-state index contributed by atoms with van der Waals surface area (Å²) in [5, 5.41) is 0. The van der Waals surface area contributed by atoms with Crippen LogP contribution < -0.4 is 0 Å². The van der Waals surface area contributed by atoms with E-state index in [9.17, 15) is 13.2 Å². The van der Waals surface area contributed by atoms with Gasteiger partial charge in [-0.2, -0.15) is 0 Å². The summed E-state index contributed by atoms with van der Waals surface area (Å²) in [6, 6.07) is 15.1. The molecule has 1 aliphatic rings. The lowest BCUT2D eigenvalue weighted by Gasteiger charge is -2.29. The van der Waals surface area contributed by atoms with Gasteiger partial charge in [0, 0.05) is 22.6 Å². The number of hydrogen-bond acceptors (Lipinski definition) is 3. The summed E-state index contributed by atoms with van der Waals surface area (Å²) >= 11 is 3.46. The number of rotatable bonds is 4. The third-order valence-electron chi connectivity index (χ3n) is 5.15. The molecule has 1 aliphatic heterocycles. The zero-order valence-electron chi connectivity index (χ0n) is 16.5. The minimum absolute atomic E-state index is 0.0110. The van der Waals surface area contributed by atoms with E-state index >= 15 is 0 Å². The number of amides is 1. The van der Waals surface area contributed by atoms with E-state index in [0.717, 1.165) is 15.6 Å². The minimum Gasteiger partial charge on any atom is -0.330 e. The van der Waals surface area contributed by atoms with Crippen LogP contribution in [0.4, 0.5) is 0 Å². The fraction of sp³-hybridized carbons (Fsp3) is 0.409. The van der Waals surface area contributed by atoms with Gasteiger partial charge in [0.05, 0.1) is 11.5 Å². The van der Waals surface area contributed by atoms with Crippen LogP contribution in [0, 0.1) is 0 Å². The number of benzene rings is 2. The molecular formula is C22H26BrNO3S. The van der Waals surface area contributed by atoms with Crippen LogP contribution >= 0.6 is 15.9 Å². The monoisotopic (exact) mass is 463 g/mol. The zero-order chi connectivity index (χ0) is 20.5. The molecule has 0 aromatic heterocycles. The summed E-state index contributed by atoms with van der Waals surface area (Å²) in [7, 11) is -3.09. The van der Waals surface area contributed by atoms with Crippen LogP contribution in [-0.2, 0) is 21.8 Å². The molecule has 3 rings (SSSR count). The molecule has 1 fully saturated rings. The van der Waals surface area contributed by atoms with Crippen molar-refractivity contribution in [3.63, 3.8) is 0 Å². The smallest absolute Gasteiger partial charge is 0.254 e. The normalized spacial score (nSPS) is 18.8. The van der Waals surface area contributed by atoms with E-state index in [-0.39, 0.29) is 28.9 Å². The number of sulfone groups is 1. The Morgan fingerprint density at radius 2 is 1.82 bits per heavy atom. The molecule has 0 bridgehead atoms. The molecule has 0 spiro atoms. The molecule has 0 radical (unpaired) electrons. The van der Waals surface area contributed by atoms with Crippen LogP contribution in [0.25, 0.3) is 0 Å². The first-order chi connectivity index (χ1) is 13.0. The Morgan fingerprint density at radius 1 is 1.14 bits per heavy atom. The summed E-state index contributed by atoms with van der Waals surface area (Å²) in [5.74, 6) is 0.0536. The number of halogens is 1. The Bertz CT molecular complexity index is 962. The highest BCUT2D eigenvalue weighted by atomic mass is 79.9. The van der Waals surface area contributed by atoms with Crippen molar-refractivity contribution in [3.8, 4) is 0 Å². The van der Waals surface area contributed by atoms with Gasteiger partial charge in [0.1, 0.15) is 0 Å². The predicted octanol–water partition coefficient (Wildman–Crippen LogP) is 4.58. The maximum absolute atomic E-state index is 13.3. The summed E-state index contributed by atoms with van der Waals surface area (Å²) < 4.78 is 25.0. The third kappa shape index (κ3) is 5.03. The van der Waals surface area contributed by atoms with E-state index in [4.69, 9.17) is 0 Å². The quantitative estimate of drug-likeness (QED) is 0.666. The Balaban J connectivity index is 1.90. The fourth-order valence-electron chi connectivity index (χ4n) is 3.50. The molecule has 4 nitrogen and oxygen atoms in total. The van der Waals surface area contributed by atoms with Gasteiger partial charge in [-0.05, 0) is 47.2 Å². The highest BCUT2D eigenvalue weighted by Gasteiger charge is 2.35. The molecule has 0 aliphatic carbocycles. The van der Waals surface area contributed by atoms with E-state index in [1.54, 1.807) is 4.90 Å². The predicted molar refractivity (Wildman–Crippen MR) is 116 cm³/mol. The summed E-state index contributed by atoms with van der Waals surface area (Å²) in [6.07, 6.45) is 0.488. The molecule has 0 saturated carbocycles. The van der Waals surface area contributed by atoms with Gasteiger partial charge in [0.15, 0.2) is 9.84 Å². The van der Waals surface area contributed by atoms with Gasteiger partial charge in [-0.25, -0.2) is 8.42 Å². The molecule has 28 heavy (non-hydrogen) atoms. The van der Waals surface area contributed by atoms with Crippen molar-refractivity contribution in [2.24, 2.45) is 0 Å². The second kappa shape index (κ2) is 7.99. The number of carbonyl (C=O) groups excluding carboxylic acids is 1. The van der Waals surface area contributed by atoms with Crippen molar-refractivity contribution in [1.29, 1.82) is 0 Å². The molecule has 6 heteroatoms. The van der Waals surface area contributed by atoms with Gasteiger partial charge in [-0.15, -0.1) is 0 Å². The molecule has 150 valence electrons. The van der Waals surface area contributed by atoms with E-state index in [2.05, 4.69) is 36.7 Å². The van der Waals surface area contributed by atoms with Gasteiger partial charge >= 0.3 is 0 Å². The maximum atomic E-state index is 13.3. The van der Waals surface area contributed by atoms with E-state index in [1.165, 1.54) is 0 Å².